The van der Waals surface area contributed by atoms with Crippen LogP contribution in [0.4, 0.5) is 0 Å². The van der Waals surface area contributed by atoms with Crippen LogP contribution in [0.1, 0.15) is 97.6 Å². The lowest BCUT2D eigenvalue weighted by Crippen LogP contribution is -2.49. The molecule has 0 radical (unpaired) electrons. The Hall–Kier alpha value is -2.41. The molecule has 0 aromatic carbocycles. The molecule has 0 bridgehead atoms. The predicted octanol–water partition coefficient (Wildman–Crippen LogP) is 4.89. The number of carboxylic acids is 1. The number of aliphatic hydroxyl groups is 1. The van der Waals surface area contributed by atoms with Crippen LogP contribution in [0.25, 0.3) is 0 Å². The Labute approximate surface area is 286 Å². The molecular formula is C32H47Cl3N4O7. The number of β-amino-alcohol motifs (C(OH)–C–C–N with tert-alkyl or cyclic N) is 1. The van der Waals surface area contributed by atoms with Crippen molar-refractivity contribution in [1.82, 2.24) is 19.4 Å². The molecule has 258 valence electrons. The summed E-state index contributed by atoms with van der Waals surface area (Å²) in [5, 5.41) is 23.2. The summed E-state index contributed by atoms with van der Waals surface area (Å²) < 4.78 is 8.30. The first-order chi connectivity index (χ1) is 21.1. The molecular weight excluding hydrogens is 659 g/mol. The number of halogens is 3. The first kappa shape index (κ1) is 39.8. The molecule has 0 unspecified atom stereocenters. The predicted molar refractivity (Wildman–Crippen MR) is 182 cm³/mol. The maximum atomic E-state index is 12.7. The summed E-state index contributed by atoms with van der Waals surface area (Å²) in [6, 6.07) is 2.48. The average molecular weight is 706 g/mol. The highest BCUT2D eigenvalue weighted by molar-refractivity contribution is 6.31. The SMILES string of the molecule is Cc1c(Cl)cc(C(=O)NCC2CCN(CC3(O)CCOCC3)CC2)c(=O)n1C(C)C.Cc1c(Cl)cc(C(=O)O)c(=O)n1C(C)C.Cl. The highest BCUT2D eigenvalue weighted by Crippen LogP contribution is 2.25. The van der Waals surface area contributed by atoms with Crippen LogP contribution in [0.5, 0.6) is 0 Å². The third-order valence-corrected chi connectivity index (χ3v) is 9.33. The summed E-state index contributed by atoms with van der Waals surface area (Å²) >= 11 is 12.1. The van der Waals surface area contributed by atoms with Crippen LogP contribution in [-0.2, 0) is 4.74 Å². The van der Waals surface area contributed by atoms with Gasteiger partial charge in [0.25, 0.3) is 17.0 Å². The molecule has 14 heteroatoms. The number of carbonyl (C=O) groups excluding carboxylic acids is 1. The highest BCUT2D eigenvalue weighted by atomic mass is 35.5. The molecule has 4 heterocycles. The van der Waals surface area contributed by atoms with Gasteiger partial charge in [-0.05, 0) is 85.5 Å². The van der Waals surface area contributed by atoms with Gasteiger partial charge in [-0.15, -0.1) is 12.4 Å². The van der Waals surface area contributed by atoms with Crippen molar-refractivity contribution in [3.63, 3.8) is 0 Å². The number of nitrogens with zero attached hydrogens (tertiary/aromatic N) is 3. The molecule has 0 spiro atoms. The summed E-state index contributed by atoms with van der Waals surface area (Å²) in [5.74, 6) is -1.26. The largest absolute Gasteiger partial charge is 0.477 e. The molecule has 0 aliphatic carbocycles. The molecule has 0 atom stereocenters. The standard InChI is InChI=1S/C22H34ClN3O4.C10H12ClNO3.ClH/c1-15(2)26-16(3)19(23)12-18(21(26)28)20(27)24-13-17-4-8-25(9-5-17)14-22(29)6-10-30-11-7-22;1-5(2)12-6(3)8(11)4-7(9(12)13)10(14)15;/h12,15,17,29H,4-11,13-14H2,1-3H3,(H,24,27);4-5H,1-3H3,(H,14,15);1H. The van der Waals surface area contributed by atoms with E-state index in [1.165, 1.54) is 16.7 Å². The Morgan fingerprint density at radius 3 is 1.85 bits per heavy atom. The number of amides is 1. The third kappa shape index (κ3) is 9.81. The number of carbonyl (C=O) groups is 2. The molecule has 2 aliphatic heterocycles. The van der Waals surface area contributed by atoms with E-state index in [1.54, 1.807) is 32.3 Å². The van der Waals surface area contributed by atoms with Gasteiger partial charge in [0.05, 0.1) is 15.6 Å². The van der Waals surface area contributed by atoms with Crippen LogP contribution in [-0.4, -0.2) is 81.1 Å². The second kappa shape index (κ2) is 17.1. The van der Waals surface area contributed by atoms with E-state index in [-0.39, 0.29) is 47.1 Å². The Bertz CT molecular complexity index is 1490. The van der Waals surface area contributed by atoms with Gasteiger partial charge in [-0.3, -0.25) is 14.4 Å². The minimum Gasteiger partial charge on any atom is -0.477 e. The fourth-order valence-electron chi connectivity index (χ4n) is 5.95. The molecule has 11 nitrogen and oxygen atoms in total. The normalized spacial score (nSPS) is 16.8. The minimum absolute atomic E-state index is 0. The van der Waals surface area contributed by atoms with Crippen molar-refractivity contribution in [3.8, 4) is 0 Å². The van der Waals surface area contributed by atoms with Crippen molar-refractivity contribution in [1.29, 1.82) is 0 Å². The van der Waals surface area contributed by atoms with E-state index in [9.17, 15) is 24.3 Å². The van der Waals surface area contributed by atoms with Crippen molar-refractivity contribution in [3.05, 3.63) is 65.4 Å². The number of aromatic nitrogens is 2. The molecule has 2 fully saturated rings. The number of piperidine rings is 1. The van der Waals surface area contributed by atoms with Gasteiger partial charge in [0.2, 0.25) is 0 Å². The molecule has 0 saturated carbocycles. The lowest BCUT2D eigenvalue weighted by molar-refractivity contribution is -0.0829. The zero-order valence-corrected chi connectivity index (χ0v) is 29.7. The maximum Gasteiger partial charge on any atom is 0.341 e. The summed E-state index contributed by atoms with van der Waals surface area (Å²) in [6.45, 7) is 15.2. The van der Waals surface area contributed by atoms with Crippen molar-refractivity contribution in [2.24, 2.45) is 5.92 Å². The molecule has 2 aromatic heterocycles. The van der Waals surface area contributed by atoms with Crippen LogP contribution in [0, 0.1) is 19.8 Å². The zero-order chi connectivity index (χ0) is 33.6. The number of ether oxygens (including phenoxy) is 1. The number of hydrogen-bond donors (Lipinski definition) is 3. The smallest absolute Gasteiger partial charge is 0.341 e. The van der Waals surface area contributed by atoms with E-state index in [0.29, 0.717) is 66.5 Å². The fraction of sp³-hybridized carbons (Fsp3) is 0.625. The molecule has 1 amide bonds. The Kier molecular flexibility index (Phi) is 14.8. The Morgan fingerprint density at radius 1 is 0.935 bits per heavy atom. The van der Waals surface area contributed by atoms with Gasteiger partial charge in [-0.1, -0.05) is 23.2 Å². The summed E-state index contributed by atoms with van der Waals surface area (Å²) in [6.07, 6.45) is 3.29. The first-order valence-electron chi connectivity index (χ1n) is 15.4. The topological polar surface area (TPSA) is 143 Å². The van der Waals surface area contributed by atoms with E-state index in [0.717, 1.165) is 25.9 Å². The van der Waals surface area contributed by atoms with E-state index in [1.807, 2.05) is 13.8 Å². The van der Waals surface area contributed by atoms with Gasteiger partial charge >= 0.3 is 5.97 Å². The number of rotatable bonds is 8. The quantitative estimate of drug-likeness (QED) is 0.353. The maximum absolute atomic E-state index is 12.7. The first-order valence-corrected chi connectivity index (χ1v) is 16.2. The summed E-state index contributed by atoms with van der Waals surface area (Å²) in [7, 11) is 0. The van der Waals surface area contributed by atoms with Gasteiger partial charge in [0.1, 0.15) is 11.1 Å². The van der Waals surface area contributed by atoms with E-state index in [2.05, 4.69) is 10.2 Å². The monoisotopic (exact) mass is 704 g/mol. The molecule has 3 N–H and O–H groups in total. The number of hydrogen-bond acceptors (Lipinski definition) is 7. The van der Waals surface area contributed by atoms with Gasteiger partial charge in [0, 0.05) is 62.6 Å². The van der Waals surface area contributed by atoms with Crippen molar-refractivity contribution >= 4 is 47.5 Å². The summed E-state index contributed by atoms with van der Waals surface area (Å²) in [4.78, 5) is 50.3. The highest BCUT2D eigenvalue weighted by Gasteiger charge is 2.33. The molecule has 2 saturated heterocycles. The van der Waals surface area contributed by atoms with Gasteiger partial charge < -0.3 is 34.3 Å². The third-order valence-electron chi connectivity index (χ3n) is 8.56. The van der Waals surface area contributed by atoms with Gasteiger partial charge in [-0.2, -0.15) is 0 Å². The van der Waals surface area contributed by atoms with Crippen LogP contribution in [0.3, 0.4) is 0 Å². The number of aromatic carboxylic acids is 1. The van der Waals surface area contributed by atoms with E-state index >= 15 is 0 Å². The molecule has 46 heavy (non-hydrogen) atoms. The molecule has 2 aromatic rings. The lowest BCUT2D eigenvalue weighted by Gasteiger charge is -2.39. The summed E-state index contributed by atoms with van der Waals surface area (Å²) in [5.41, 5.74) is -0.394. The van der Waals surface area contributed by atoms with Crippen molar-refractivity contribution in [2.75, 3.05) is 39.4 Å². The van der Waals surface area contributed by atoms with Gasteiger partial charge in [-0.25, -0.2) is 4.79 Å². The molecule has 4 rings (SSSR count). The fourth-order valence-corrected chi connectivity index (χ4v) is 6.35. The van der Waals surface area contributed by atoms with Crippen LogP contribution >= 0.6 is 35.6 Å². The average Bonchev–Trinajstić information content (AvgIpc) is 2.96. The van der Waals surface area contributed by atoms with E-state index in [4.69, 9.17) is 33.0 Å². The Morgan fingerprint density at radius 2 is 1.39 bits per heavy atom. The number of likely N-dealkylation sites (tertiary alicyclic amines) is 1. The van der Waals surface area contributed by atoms with Crippen LogP contribution in [0.15, 0.2) is 21.7 Å². The number of carboxylic acid groups (broad SMARTS) is 1. The lowest BCUT2D eigenvalue weighted by atomic mass is 9.91. The van der Waals surface area contributed by atoms with Crippen molar-refractivity contribution < 1.29 is 24.5 Å². The number of pyridine rings is 2. The minimum atomic E-state index is -1.25. The van der Waals surface area contributed by atoms with Gasteiger partial charge in [0.15, 0.2) is 0 Å². The Balaban J connectivity index is 0.000000389. The van der Waals surface area contributed by atoms with E-state index < -0.39 is 17.1 Å². The molecule has 2 aliphatic rings. The van der Waals surface area contributed by atoms with Crippen LogP contribution in [0.2, 0.25) is 10.0 Å². The van der Waals surface area contributed by atoms with Crippen molar-refractivity contribution in [2.45, 2.75) is 84.9 Å². The number of nitrogens with one attached hydrogen (secondary N) is 1. The second-order valence-electron chi connectivity index (χ2n) is 12.6. The zero-order valence-electron chi connectivity index (χ0n) is 27.4. The second-order valence-corrected chi connectivity index (χ2v) is 13.4. The van der Waals surface area contributed by atoms with Crippen LogP contribution < -0.4 is 16.4 Å².